The lowest BCUT2D eigenvalue weighted by Gasteiger charge is -2.30. The third-order valence-corrected chi connectivity index (χ3v) is 3.65. The summed E-state index contributed by atoms with van der Waals surface area (Å²) in [5, 5.41) is 1.15. The molecule has 19 heavy (non-hydrogen) atoms. The molecule has 2 heterocycles. The highest BCUT2D eigenvalue weighted by Crippen LogP contribution is 2.24. The molecule has 2 aromatic rings. The van der Waals surface area contributed by atoms with Crippen LogP contribution in [0.3, 0.4) is 0 Å². The molecule has 0 saturated carbocycles. The number of hydrogen-bond donors (Lipinski definition) is 1. The van der Waals surface area contributed by atoms with Gasteiger partial charge in [-0.15, -0.1) is 0 Å². The van der Waals surface area contributed by atoms with Crippen molar-refractivity contribution in [1.29, 1.82) is 0 Å². The molecule has 1 aromatic heterocycles. The van der Waals surface area contributed by atoms with Crippen LogP contribution in [0.5, 0.6) is 5.75 Å². The number of aromatic nitrogens is 1. The largest absolute Gasteiger partial charge is 0.427 e. The molecule has 0 amide bonds. The highest BCUT2D eigenvalue weighted by molar-refractivity contribution is 5.85. The Morgan fingerprint density at radius 1 is 1.42 bits per heavy atom. The smallest absolute Gasteiger partial charge is 0.308 e. The maximum Gasteiger partial charge on any atom is 0.308 e. The van der Waals surface area contributed by atoms with Gasteiger partial charge in [-0.05, 0) is 49.7 Å². The van der Waals surface area contributed by atoms with E-state index in [4.69, 9.17) is 4.74 Å². The van der Waals surface area contributed by atoms with E-state index in [1.165, 1.54) is 32.0 Å². The van der Waals surface area contributed by atoms with E-state index in [1.807, 2.05) is 18.2 Å². The highest BCUT2D eigenvalue weighted by atomic mass is 16.5. The van der Waals surface area contributed by atoms with E-state index < -0.39 is 0 Å². The molecule has 1 aliphatic rings. The van der Waals surface area contributed by atoms with E-state index in [2.05, 4.69) is 16.1 Å². The van der Waals surface area contributed by atoms with Crippen LogP contribution in [-0.2, 0) is 11.2 Å². The zero-order chi connectivity index (χ0) is 13.2. The molecule has 1 N–H and O–H groups in total. The van der Waals surface area contributed by atoms with Gasteiger partial charge in [-0.2, -0.15) is 0 Å². The van der Waals surface area contributed by atoms with Gasteiger partial charge in [-0.25, -0.2) is 0 Å². The zero-order valence-electron chi connectivity index (χ0n) is 11.1. The van der Waals surface area contributed by atoms with E-state index in [-0.39, 0.29) is 5.97 Å². The summed E-state index contributed by atoms with van der Waals surface area (Å²) in [7, 11) is 0. The Balaban J connectivity index is 1.80. The first-order valence-corrected chi connectivity index (χ1v) is 6.73. The van der Waals surface area contributed by atoms with Crippen molar-refractivity contribution in [3.63, 3.8) is 0 Å². The molecule has 1 aromatic carbocycles. The molecular formula is C15H18N2O2. The summed E-state index contributed by atoms with van der Waals surface area (Å²) in [6, 6.07) is 5.72. The molecule has 4 heteroatoms. The molecule has 3 rings (SSSR count). The van der Waals surface area contributed by atoms with Gasteiger partial charge in [0, 0.05) is 30.6 Å². The lowest BCUT2D eigenvalue weighted by molar-refractivity contribution is -0.131. The Bertz CT molecular complexity index is 599. The third-order valence-electron chi connectivity index (χ3n) is 3.65. The van der Waals surface area contributed by atoms with E-state index >= 15 is 0 Å². The number of fused-ring (bicyclic) bond motifs is 1. The van der Waals surface area contributed by atoms with Crippen molar-refractivity contribution in [3.8, 4) is 5.75 Å². The van der Waals surface area contributed by atoms with E-state index in [0.717, 1.165) is 23.9 Å². The van der Waals surface area contributed by atoms with Crippen LogP contribution in [0, 0.1) is 0 Å². The van der Waals surface area contributed by atoms with Crippen LogP contribution in [0.15, 0.2) is 24.4 Å². The second kappa shape index (κ2) is 5.05. The fourth-order valence-electron chi connectivity index (χ4n) is 2.48. The second-order valence-electron chi connectivity index (χ2n) is 5.06. The van der Waals surface area contributed by atoms with Gasteiger partial charge in [0.15, 0.2) is 0 Å². The number of carbonyl (C=O) groups excluding carboxylic acids is 1. The van der Waals surface area contributed by atoms with E-state index in [9.17, 15) is 4.79 Å². The highest BCUT2D eigenvalue weighted by Gasteiger charge is 2.14. The number of benzene rings is 1. The zero-order valence-corrected chi connectivity index (χ0v) is 11.1. The Morgan fingerprint density at radius 2 is 2.26 bits per heavy atom. The third kappa shape index (κ3) is 2.63. The molecule has 1 fully saturated rings. The van der Waals surface area contributed by atoms with Gasteiger partial charge in [0.1, 0.15) is 5.75 Å². The van der Waals surface area contributed by atoms with E-state index in [1.54, 1.807) is 0 Å². The number of likely N-dealkylation sites (tertiary alicyclic amines) is 1. The SMILES string of the molecule is CC(=O)Oc1ccc2[nH]cc(CCN3CCC3)c2c1. The van der Waals surface area contributed by atoms with Crippen molar-refractivity contribution in [2.45, 2.75) is 19.8 Å². The number of rotatable bonds is 4. The summed E-state index contributed by atoms with van der Waals surface area (Å²) in [6.45, 7) is 4.97. The average Bonchev–Trinajstić information content (AvgIpc) is 2.69. The maximum absolute atomic E-state index is 11.0. The molecule has 1 saturated heterocycles. The van der Waals surface area contributed by atoms with Crippen molar-refractivity contribution >= 4 is 16.9 Å². The first-order valence-electron chi connectivity index (χ1n) is 6.73. The summed E-state index contributed by atoms with van der Waals surface area (Å²) < 4.78 is 5.14. The van der Waals surface area contributed by atoms with Gasteiger partial charge in [0.25, 0.3) is 0 Å². The topological polar surface area (TPSA) is 45.3 Å². The second-order valence-corrected chi connectivity index (χ2v) is 5.06. The molecule has 0 unspecified atom stereocenters. The van der Waals surface area contributed by atoms with Gasteiger partial charge in [-0.1, -0.05) is 0 Å². The normalized spacial score (nSPS) is 15.4. The predicted octanol–water partition coefficient (Wildman–Crippen LogP) is 2.34. The number of nitrogens with zero attached hydrogens (tertiary/aromatic N) is 1. The van der Waals surface area contributed by atoms with Gasteiger partial charge < -0.3 is 14.6 Å². The quantitative estimate of drug-likeness (QED) is 0.676. The van der Waals surface area contributed by atoms with Gasteiger partial charge in [0.05, 0.1) is 0 Å². The number of aromatic amines is 1. The molecule has 4 nitrogen and oxygen atoms in total. The van der Waals surface area contributed by atoms with Crippen LogP contribution < -0.4 is 4.74 Å². The Labute approximate surface area is 112 Å². The lowest BCUT2D eigenvalue weighted by Crippen LogP contribution is -2.38. The van der Waals surface area contributed by atoms with Crippen LogP contribution in [0.25, 0.3) is 10.9 Å². The lowest BCUT2D eigenvalue weighted by atomic mass is 10.1. The van der Waals surface area contributed by atoms with Crippen molar-refractivity contribution in [3.05, 3.63) is 30.0 Å². The monoisotopic (exact) mass is 258 g/mol. The molecule has 1 aliphatic heterocycles. The fourth-order valence-corrected chi connectivity index (χ4v) is 2.48. The molecule has 0 bridgehead atoms. The van der Waals surface area contributed by atoms with Crippen molar-refractivity contribution in [2.24, 2.45) is 0 Å². The molecule has 0 atom stereocenters. The Kier molecular flexibility index (Phi) is 3.25. The number of ether oxygens (including phenoxy) is 1. The summed E-state index contributed by atoms with van der Waals surface area (Å²) in [5.41, 5.74) is 2.38. The molecule has 100 valence electrons. The molecule has 0 spiro atoms. The minimum Gasteiger partial charge on any atom is -0.427 e. The minimum absolute atomic E-state index is 0.281. The predicted molar refractivity (Wildman–Crippen MR) is 74.4 cm³/mol. The van der Waals surface area contributed by atoms with Crippen molar-refractivity contribution in [1.82, 2.24) is 9.88 Å². The van der Waals surface area contributed by atoms with Crippen LogP contribution in [-0.4, -0.2) is 35.5 Å². The summed E-state index contributed by atoms with van der Waals surface area (Å²) in [5.74, 6) is 0.335. The standard InChI is InChI=1S/C15H18N2O2/c1-11(18)19-13-3-4-15-14(9-13)12(10-16-15)5-8-17-6-2-7-17/h3-4,9-10,16H,2,5-8H2,1H3. The van der Waals surface area contributed by atoms with E-state index in [0.29, 0.717) is 5.75 Å². The Hall–Kier alpha value is -1.81. The first-order chi connectivity index (χ1) is 9.22. The fraction of sp³-hybridized carbons (Fsp3) is 0.400. The molecule has 0 aliphatic carbocycles. The van der Waals surface area contributed by atoms with Gasteiger partial charge in [-0.3, -0.25) is 4.79 Å². The van der Waals surface area contributed by atoms with Gasteiger partial charge >= 0.3 is 5.97 Å². The number of H-pyrrole nitrogens is 1. The summed E-state index contributed by atoms with van der Waals surface area (Å²) in [6.07, 6.45) is 4.41. The van der Waals surface area contributed by atoms with Gasteiger partial charge in [0.2, 0.25) is 0 Å². The first kappa shape index (κ1) is 12.2. The number of esters is 1. The van der Waals surface area contributed by atoms with Crippen LogP contribution >= 0.6 is 0 Å². The number of hydrogen-bond acceptors (Lipinski definition) is 3. The Morgan fingerprint density at radius 3 is 2.95 bits per heavy atom. The summed E-state index contributed by atoms with van der Waals surface area (Å²) in [4.78, 5) is 16.7. The van der Waals surface area contributed by atoms with Crippen molar-refractivity contribution in [2.75, 3.05) is 19.6 Å². The maximum atomic E-state index is 11.0. The molecule has 0 radical (unpaired) electrons. The molecular weight excluding hydrogens is 240 g/mol. The van der Waals surface area contributed by atoms with Crippen LogP contribution in [0.4, 0.5) is 0 Å². The van der Waals surface area contributed by atoms with Crippen LogP contribution in [0.1, 0.15) is 18.9 Å². The average molecular weight is 258 g/mol. The van der Waals surface area contributed by atoms with Crippen molar-refractivity contribution < 1.29 is 9.53 Å². The minimum atomic E-state index is -0.281. The summed E-state index contributed by atoms with van der Waals surface area (Å²) >= 11 is 0. The number of carbonyl (C=O) groups is 1. The van der Waals surface area contributed by atoms with Crippen LogP contribution in [0.2, 0.25) is 0 Å². The number of nitrogens with one attached hydrogen (secondary N) is 1.